The van der Waals surface area contributed by atoms with Gasteiger partial charge in [0.1, 0.15) is 16.9 Å². The quantitative estimate of drug-likeness (QED) is 0.328. The van der Waals surface area contributed by atoms with Crippen molar-refractivity contribution in [1.82, 2.24) is 19.7 Å². The molecule has 164 valence electrons. The zero-order valence-corrected chi connectivity index (χ0v) is 18.5. The highest BCUT2D eigenvalue weighted by molar-refractivity contribution is 7.99. The fraction of sp³-hybridized carbons (Fsp3) is 0.182. The van der Waals surface area contributed by atoms with Crippen molar-refractivity contribution < 1.29 is 14.3 Å². The number of hydrogen-bond acceptors (Lipinski definition) is 7. The molecule has 0 spiro atoms. The lowest BCUT2D eigenvalue weighted by Crippen LogP contribution is -2.16. The minimum absolute atomic E-state index is 0.0351. The number of hydrogen-bond donors (Lipinski definition) is 2. The van der Waals surface area contributed by atoms with Crippen LogP contribution in [0.1, 0.15) is 5.56 Å². The summed E-state index contributed by atoms with van der Waals surface area (Å²) in [5, 5.41) is 7.81. The Morgan fingerprint density at radius 2 is 2.03 bits per heavy atom. The van der Waals surface area contributed by atoms with Crippen molar-refractivity contribution in [3.8, 4) is 17.2 Å². The van der Waals surface area contributed by atoms with Crippen molar-refractivity contribution in [2.24, 2.45) is 0 Å². The summed E-state index contributed by atoms with van der Waals surface area (Å²) in [5.74, 6) is 0.859. The number of fused-ring (bicyclic) bond motifs is 1. The number of benzene rings is 2. The van der Waals surface area contributed by atoms with Crippen molar-refractivity contribution in [1.29, 1.82) is 0 Å². The molecule has 2 aromatic carbocycles. The maximum Gasteiger partial charge on any atom is 0.262 e. The Morgan fingerprint density at radius 1 is 1.19 bits per heavy atom. The summed E-state index contributed by atoms with van der Waals surface area (Å²) in [4.78, 5) is 32.3. The Morgan fingerprint density at radius 3 is 2.78 bits per heavy atom. The highest BCUT2D eigenvalue weighted by Crippen LogP contribution is 2.29. The van der Waals surface area contributed by atoms with Gasteiger partial charge in [-0.25, -0.2) is 9.67 Å². The van der Waals surface area contributed by atoms with Crippen LogP contribution < -0.4 is 20.3 Å². The summed E-state index contributed by atoms with van der Waals surface area (Å²) in [6.45, 7) is 1.98. The first-order chi connectivity index (χ1) is 15.5. The van der Waals surface area contributed by atoms with Crippen LogP contribution in [-0.2, 0) is 4.79 Å². The average Bonchev–Trinajstić information content (AvgIpc) is 3.22. The molecule has 4 rings (SSSR count). The van der Waals surface area contributed by atoms with Crippen LogP contribution in [0.15, 0.2) is 58.6 Å². The standard InChI is InChI=1S/C22H21N5O4S/c1-13-5-4-6-14(9-13)27-20-16(11-23-27)21(29)26-22(25-20)32-12-19(28)24-17-10-15(30-2)7-8-18(17)31-3/h4-11H,12H2,1-3H3,(H,24,28)(H,25,26,29). The van der Waals surface area contributed by atoms with Gasteiger partial charge < -0.3 is 19.8 Å². The number of thioether (sulfide) groups is 1. The van der Waals surface area contributed by atoms with Crippen LogP contribution in [0.5, 0.6) is 11.5 Å². The van der Waals surface area contributed by atoms with Crippen LogP contribution in [0.3, 0.4) is 0 Å². The molecule has 0 aliphatic heterocycles. The number of nitrogens with one attached hydrogen (secondary N) is 2. The van der Waals surface area contributed by atoms with Gasteiger partial charge in [0.15, 0.2) is 10.8 Å². The van der Waals surface area contributed by atoms with Crippen LogP contribution in [0.4, 0.5) is 5.69 Å². The number of methoxy groups -OCH3 is 2. The third-order valence-corrected chi connectivity index (χ3v) is 5.56. The topological polar surface area (TPSA) is 111 Å². The highest BCUT2D eigenvalue weighted by Gasteiger charge is 2.14. The lowest BCUT2D eigenvalue weighted by Gasteiger charge is -2.11. The smallest absolute Gasteiger partial charge is 0.262 e. The van der Waals surface area contributed by atoms with Gasteiger partial charge in [-0.2, -0.15) is 5.10 Å². The third-order valence-electron chi connectivity index (χ3n) is 4.68. The molecule has 32 heavy (non-hydrogen) atoms. The van der Waals surface area contributed by atoms with E-state index < -0.39 is 0 Å². The lowest BCUT2D eigenvalue weighted by molar-refractivity contribution is -0.113. The van der Waals surface area contributed by atoms with E-state index in [2.05, 4.69) is 20.4 Å². The molecule has 0 aliphatic rings. The minimum Gasteiger partial charge on any atom is -0.497 e. The molecule has 2 heterocycles. The summed E-state index contributed by atoms with van der Waals surface area (Å²) in [5.41, 5.74) is 2.47. The van der Waals surface area contributed by atoms with Crippen molar-refractivity contribution in [3.05, 3.63) is 64.6 Å². The van der Waals surface area contributed by atoms with E-state index >= 15 is 0 Å². The van der Waals surface area contributed by atoms with Gasteiger partial charge in [-0.3, -0.25) is 9.59 Å². The molecular weight excluding hydrogens is 430 g/mol. The number of amides is 1. The maximum atomic E-state index is 12.5. The van der Waals surface area contributed by atoms with Crippen LogP contribution in [-0.4, -0.2) is 45.6 Å². The van der Waals surface area contributed by atoms with Gasteiger partial charge >= 0.3 is 0 Å². The van der Waals surface area contributed by atoms with Gasteiger partial charge in [0.2, 0.25) is 5.91 Å². The van der Waals surface area contributed by atoms with Gasteiger partial charge in [0.05, 0.1) is 37.5 Å². The molecule has 0 unspecified atom stereocenters. The number of aromatic amines is 1. The van der Waals surface area contributed by atoms with Crippen molar-refractivity contribution in [3.63, 3.8) is 0 Å². The molecule has 9 nitrogen and oxygen atoms in total. The van der Waals surface area contributed by atoms with Crippen LogP contribution in [0.25, 0.3) is 16.7 Å². The number of carbonyl (C=O) groups excluding carboxylic acids is 1. The van der Waals surface area contributed by atoms with E-state index in [1.165, 1.54) is 13.3 Å². The zero-order valence-electron chi connectivity index (χ0n) is 17.7. The van der Waals surface area contributed by atoms with Gasteiger partial charge in [-0.15, -0.1) is 0 Å². The number of aryl methyl sites for hydroxylation is 1. The Bertz CT molecular complexity index is 1350. The number of anilines is 1. The first-order valence-electron chi connectivity index (χ1n) is 9.68. The lowest BCUT2D eigenvalue weighted by atomic mass is 10.2. The summed E-state index contributed by atoms with van der Waals surface area (Å²) < 4.78 is 12.1. The molecule has 0 aliphatic carbocycles. The predicted molar refractivity (Wildman–Crippen MR) is 123 cm³/mol. The van der Waals surface area contributed by atoms with E-state index in [-0.39, 0.29) is 17.2 Å². The van der Waals surface area contributed by atoms with Crippen molar-refractivity contribution in [2.45, 2.75) is 12.1 Å². The molecule has 0 bridgehead atoms. The maximum absolute atomic E-state index is 12.5. The molecule has 0 fully saturated rings. The molecular formula is C22H21N5O4S. The van der Waals surface area contributed by atoms with Crippen molar-refractivity contribution >= 4 is 34.4 Å². The van der Waals surface area contributed by atoms with E-state index in [0.717, 1.165) is 23.0 Å². The number of ether oxygens (including phenoxy) is 2. The van der Waals surface area contributed by atoms with E-state index in [4.69, 9.17) is 9.47 Å². The second-order valence-corrected chi connectivity index (χ2v) is 7.87. The van der Waals surface area contributed by atoms with Crippen LogP contribution in [0.2, 0.25) is 0 Å². The monoisotopic (exact) mass is 451 g/mol. The van der Waals surface area contributed by atoms with Gasteiger partial charge in [-0.1, -0.05) is 23.9 Å². The average molecular weight is 452 g/mol. The number of rotatable bonds is 7. The Balaban J connectivity index is 1.54. The Labute approximate surface area is 187 Å². The summed E-state index contributed by atoms with van der Waals surface area (Å²) in [7, 11) is 3.07. The second-order valence-electron chi connectivity index (χ2n) is 6.91. The number of H-pyrrole nitrogens is 1. The Kier molecular flexibility index (Phi) is 6.13. The van der Waals surface area contributed by atoms with E-state index in [1.807, 2.05) is 31.2 Å². The minimum atomic E-state index is -0.314. The van der Waals surface area contributed by atoms with E-state index in [9.17, 15) is 9.59 Å². The van der Waals surface area contributed by atoms with Crippen LogP contribution >= 0.6 is 11.8 Å². The largest absolute Gasteiger partial charge is 0.497 e. The zero-order chi connectivity index (χ0) is 22.7. The molecule has 0 radical (unpaired) electrons. The second kappa shape index (κ2) is 9.15. The summed E-state index contributed by atoms with van der Waals surface area (Å²) in [6, 6.07) is 12.9. The highest BCUT2D eigenvalue weighted by atomic mass is 32.2. The fourth-order valence-corrected chi connectivity index (χ4v) is 3.80. The normalized spacial score (nSPS) is 10.8. The Hall–Kier alpha value is -3.79. The summed E-state index contributed by atoms with van der Waals surface area (Å²) in [6.07, 6.45) is 1.49. The molecule has 0 saturated carbocycles. The fourth-order valence-electron chi connectivity index (χ4n) is 3.15. The number of nitrogens with zero attached hydrogens (tertiary/aromatic N) is 3. The van der Waals surface area contributed by atoms with Crippen molar-refractivity contribution in [2.75, 3.05) is 25.3 Å². The van der Waals surface area contributed by atoms with E-state index in [1.54, 1.807) is 30.0 Å². The molecule has 10 heteroatoms. The SMILES string of the molecule is COc1ccc(OC)c(NC(=O)CSc2nc3c(cnn3-c3cccc(C)c3)c(=O)[nH]2)c1. The molecule has 2 N–H and O–H groups in total. The molecule has 0 atom stereocenters. The van der Waals surface area contributed by atoms with Gasteiger partial charge in [0, 0.05) is 6.07 Å². The predicted octanol–water partition coefficient (Wildman–Crippen LogP) is 3.17. The molecule has 1 amide bonds. The molecule has 2 aromatic heterocycles. The van der Waals surface area contributed by atoms with E-state index in [0.29, 0.717) is 33.4 Å². The third kappa shape index (κ3) is 4.45. The van der Waals surface area contributed by atoms with Crippen LogP contribution in [0, 0.1) is 6.92 Å². The molecule has 4 aromatic rings. The van der Waals surface area contributed by atoms with Gasteiger partial charge in [-0.05, 0) is 36.8 Å². The number of carbonyl (C=O) groups is 1. The first kappa shape index (κ1) is 21.4. The number of aromatic nitrogens is 4. The first-order valence-corrected chi connectivity index (χ1v) is 10.7. The van der Waals surface area contributed by atoms with Gasteiger partial charge in [0.25, 0.3) is 5.56 Å². The molecule has 0 saturated heterocycles. The summed E-state index contributed by atoms with van der Waals surface area (Å²) >= 11 is 1.12.